The molecule has 3 N–H and O–H groups in total. The Morgan fingerprint density at radius 1 is 1.37 bits per heavy atom. The van der Waals surface area contributed by atoms with Crippen molar-refractivity contribution < 1.29 is 0 Å². The van der Waals surface area contributed by atoms with Gasteiger partial charge in [0.1, 0.15) is 5.82 Å². The molecule has 1 aliphatic rings. The predicted octanol–water partition coefficient (Wildman–Crippen LogP) is 1.77. The summed E-state index contributed by atoms with van der Waals surface area (Å²) in [4.78, 5) is 6.60. The van der Waals surface area contributed by atoms with Crippen LogP contribution in [0.3, 0.4) is 0 Å². The monoisotopic (exact) mass is 257 g/mol. The Kier molecular flexibility index (Phi) is 3.46. The summed E-state index contributed by atoms with van der Waals surface area (Å²) in [6.07, 6.45) is 6.00. The van der Waals surface area contributed by atoms with E-state index in [1.807, 2.05) is 12.3 Å². The molecule has 0 aliphatic carbocycles. The van der Waals surface area contributed by atoms with Crippen molar-refractivity contribution in [1.82, 2.24) is 20.1 Å². The molecule has 5 nitrogen and oxygen atoms in total. The second-order valence-corrected chi connectivity index (χ2v) is 5.13. The zero-order chi connectivity index (χ0) is 13.1. The number of aromatic nitrogens is 3. The number of pyridine rings is 1. The number of piperidine rings is 1. The maximum Gasteiger partial charge on any atom is 0.127 e. The van der Waals surface area contributed by atoms with E-state index in [2.05, 4.69) is 32.2 Å². The highest BCUT2D eigenvalue weighted by Crippen LogP contribution is 2.26. The van der Waals surface area contributed by atoms with Gasteiger partial charge in [0.15, 0.2) is 0 Å². The summed E-state index contributed by atoms with van der Waals surface area (Å²) < 4.78 is 0. The van der Waals surface area contributed by atoms with Crippen LogP contribution < -0.4 is 5.73 Å². The maximum atomic E-state index is 5.91. The third kappa shape index (κ3) is 2.76. The van der Waals surface area contributed by atoms with Crippen LogP contribution in [0.25, 0.3) is 0 Å². The molecule has 19 heavy (non-hydrogen) atoms. The molecule has 1 fully saturated rings. The highest BCUT2D eigenvalue weighted by Gasteiger charge is 2.22. The maximum absolute atomic E-state index is 5.91. The van der Waals surface area contributed by atoms with E-state index in [1.54, 1.807) is 6.20 Å². The quantitative estimate of drug-likeness (QED) is 0.879. The minimum atomic E-state index is 0.550. The van der Waals surface area contributed by atoms with Crippen LogP contribution in [0.2, 0.25) is 0 Å². The average Bonchev–Trinajstić information content (AvgIpc) is 2.96. The third-order valence-corrected chi connectivity index (χ3v) is 3.79. The van der Waals surface area contributed by atoms with E-state index >= 15 is 0 Å². The standard InChI is InChI=1S/C14H19N5/c15-14-12(3-1-6-16-14)10-19-8-2-4-11(9-19)13-5-7-17-18-13/h1,3,5-7,11H,2,4,8-10H2,(H2,15,16)(H,17,18). The van der Waals surface area contributed by atoms with Gasteiger partial charge >= 0.3 is 0 Å². The van der Waals surface area contributed by atoms with Crippen molar-refractivity contribution in [2.75, 3.05) is 18.8 Å². The van der Waals surface area contributed by atoms with Gasteiger partial charge in [0, 0.05) is 42.7 Å². The van der Waals surface area contributed by atoms with Gasteiger partial charge < -0.3 is 5.73 Å². The molecule has 0 radical (unpaired) electrons. The molecule has 1 unspecified atom stereocenters. The minimum absolute atomic E-state index is 0.550. The highest BCUT2D eigenvalue weighted by molar-refractivity contribution is 5.38. The van der Waals surface area contributed by atoms with Crippen molar-refractivity contribution >= 4 is 5.82 Å². The van der Waals surface area contributed by atoms with E-state index < -0.39 is 0 Å². The zero-order valence-electron chi connectivity index (χ0n) is 10.9. The first-order valence-corrected chi connectivity index (χ1v) is 6.74. The molecule has 1 aliphatic heterocycles. The lowest BCUT2D eigenvalue weighted by Crippen LogP contribution is -2.34. The molecule has 0 saturated carbocycles. The number of anilines is 1. The summed E-state index contributed by atoms with van der Waals surface area (Å²) in [5.41, 5.74) is 8.27. The summed E-state index contributed by atoms with van der Waals surface area (Å²) in [6.45, 7) is 3.06. The van der Waals surface area contributed by atoms with E-state index in [0.29, 0.717) is 11.7 Å². The number of nitrogen functional groups attached to an aromatic ring is 1. The molecule has 1 saturated heterocycles. The van der Waals surface area contributed by atoms with Crippen LogP contribution in [-0.2, 0) is 6.54 Å². The molecule has 0 amide bonds. The predicted molar refractivity (Wildman–Crippen MR) is 74.5 cm³/mol. The van der Waals surface area contributed by atoms with Crippen LogP contribution in [0.4, 0.5) is 5.82 Å². The van der Waals surface area contributed by atoms with E-state index in [1.165, 1.54) is 18.5 Å². The van der Waals surface area contributed by atoms with Gasteiger partial charge in [0.05, 0.1) is 0 Å². The van der Waals surface area contributed by atoms with Gasteiger partial charge in [0.25, 0.3) is 0 Å². The molecule has 3 heterocycles. The third-order valence-electron chi connectivity index (χ3n) is 3.79. The normalized spacial score (nSPS) is 20.5. The number of hydrogen-bond donors (Lipinski definition) is 2. The molecule has 3 rings (SSSR count). The number of likely N-dealkylation sites (tertiary alicyclic amines) is 1. The molecule has 1 atom stereocenters. The van der Waals surface area contributed by atoms with Crippen molar-refractivity contribution in [3.63, 3.8) is 0 Å². The molecule has 100 valence electrons. The summed E-state index contributed by atoms with van der Waals surface area (Å²) >= 11 is 0. The van der Waals surface area contributed by atoms with Crippen molar-refractivity contribution in [3.8, 4) is 0 Å². The van der Waals surface area contributed by atoms with Gasteiger partial charge in [-0.1, -0.05) is 6.07 Å². The van der Waals surface area contributed by atoms with Crippen molar-refractivity contribution in [3.05, 3.63) is 41.9 Å². The van der Waals surface area contributed by atoms with E-state index in [9.17, 15) is 0 Å². The van der Waals surface area contributed by atoms with Gasteiger partial charge in [-0.15, -0.1) is 0 Å². The number of aromatic amines is 1. The van der Waals surface area contributed by atoms with Crippen LogP contribution >= 0.6 is 0 Å². The molecule has 0 aromatic carbocycles. The second kappa shape index (κ2) is 5.40. The van der Waals surface area contributed by atoms with Crippen molar-refractivity contribution in [2.45, 2.75) is 25.3 Å². The summed E-state index contributed by atoms with van der Waals surface area (Å²) in [5.74, 6) is 1.19. The topological polar surface area (TPSA) is 70.8 Å². The average molecular weight is 257 g/mol. The summed E-state index contributed by atoms with van der Waals surface area (Å²) in [5, 5.41) is 7.14. The lowest BCUT2D eigenvalue weighted by atomic mass is 9.94. The van der Waals surface area contributed by atoms with Gasteiger partial charge in [-0.25, -0.2) is 4.98 Å². The van der Waals surface area contributed by atoms with E-state index in [0.717, 1.165) is 25.2 Å². The lowest BCUT2D eigenvalue weighted by molar-refractivity contribution is 0.198. The fourth-order valence-corrected chi connectivity index (χ4v) is 2.77. The SMILES string of the molecule is Nc1ncccc1CN1CCCC(c2ccn[nH]2)C1. The van der Waals surface area contributed by atoms with Crippen LogP contribution in [0.1, 0.15) is 30.0 Å². The van der Waals surface area contributed by atoms with Crippen LogP contribution in [0, 0.1) is 0 Å². The first-order chi connectivity index (χ1) is 9.33. The summed E-state index contributed by atoms with van der Waals surface area (Å²) in [7, 11) is 0. The molecule has 2 aromatic rings. The van der Waals surface area contributed by atoms with Gasteiger partial charge in [-0.05, 0) is 31.5 Å². The highest BCUT2D eigenvalue weighted by atomic mass is 15.1. The fourth-order valence-electron chi connectivity index (χ4n) is 2.77. The van der Waals surface area contributed by atoms with Crippen LogP contribution in [0.15, 0.2) is 30.6 Å². The van der Waals surface area contributed by atoms with E-state index in [4.69, 9.17) is 5.73 Å². The second-order valence-electron chi connectivity index (χ2n) is 5.13. The van der Waals surface area contributed by atoms with Gasteiger partial charge in [-0.3, -0.25) is 10.00 Å². The number of H-pyrrole nitrogens is 1. The fraction of sp³-hybridized carbons (Fsp3) is 0.429. The Morgan fingerprint density at radius 2 is 2.32 bits per heavy atom. The Labute approximate surface area is 112 Å². The van der Waals surface area contributed by atoms with Crippen molar-refractivity contribution in [1.29, 1.82) is 0 Å². The van der Waals surface area contributed by atoms with E-state index in [-0.39, 0.29) is 0 Å². The molecular weight excluding hydrogens is 238 g/mol. The number of nitrogens with two attached hydrogens (primary N) is 1. The molecule has 2 aromatic heterocycles. The smallest absolute Gasteiger partial charge is 0.127 e. The molecule has 0 bridgehead atoms. The van der Waals surface area contributed by atoms with Crippen LogP contribution in [-0.4, -0.2) is 33.2 Å². The Hall–Kier alpha value is -1.88. The Balaban J connectivity index is 1.67. The zero-order valence-corrected chi connectivity index (χ0v) is 10.9. The molecular formula is C14H19N5. The number of nitrogens with one attached hydrogen (secondary N) is 1. The molecule has 5 heteroatoms. The van der Waals surface area contributed by atoms with Crippen molar-refractivity contribution in [2.24, 2.45) is 0 Å². The van der Waals surface area contributed by atoms with Crippen LogP contribution in [0.5, 0.6) is 0 Å². The number of nitrogens with zero attached hydrogens (tertiary/aromatic N) is 3. The van der Waals surface area contributed by atoms with Gasteiger partial charge in [0.2, 0.25) is 0 Å². The largest absolute Gasteiger partial charge is 0.383 e. The lowest BCUT2D eigenvalue weighted by Gasteiger charge is -2.32. The minimum Gasteiger partial charge on any atom is -0.383 e. The first-order valence-electron chi connectivity index (χ1n) is 6.74. The first kappa shape index (κ1) is 12.2. The number of hydrogen-bond acceptors (Lipinski definition) is 4. The summed E-state index contributed by atoms with van der Waals surface area (Å²) in [6, 6.07) is 6.08. The van der Waals surface area contributed by atoms with Gasteiger partial charge in [-0.2, -0.15) is 5.10 Å². The molecule has 0 spiro atoms. The number of rotatable bonds is 3. The Morgan fingerprint density at radius 3 is 3.11 bits per heavy atom. The Bertz CT molecular complexity index is 522.